The molecule has 0 aliphatic carbocycles. The highest BCUT2D eigenvalue weighted by Crippen LogP contribution is 2.36. The highest BCUT2D eigenvalue weighted by Gasteiger charge is 2.36. The molecule has 0 fully saturated rings. The van der Waals surface area contributed by atoms with Crippen LogP contribution in [0.15, 0.2) is 53.6 Å². The van der Waals surface area contributed by atoms with Crippen LogP contribution in [0, 0.1) is 0 Å². The van der Waals surface area contributed by atoms with Crippen LogP contribution in [-0.4, -0.2) is 19.3 Å². The summed E-state index contributed by atoms with van der Waals surface area (Å²) in [6.07, 6.45) is 1.51. The molecule has 5 nitrogen and oxygen atoms in total. The maximum Gasteiger partial charge on any atom is 0.349 e. The molecule has 21 heavy (non-hydrogen) atoms. The van der Waals surface area contributed by atoms with Crippen LogP contribution < -0.4 is 11.0 Å². The number of nitrogens with one attached hydrogen (secondary N) is 1. The molecule has 1 aromatic carbocycles. The van der Waals surface area contributed by atoms with Gasteiger partial charge in [0.05, 0.1) is 0 Å². The minimum Gasteiger partial charge on any atom is -0.328 e. The number of alkyl halides is 3. The van der Waals surface area contributed by atoms with Crippen LogP contribution in [0.5, 0.6) is 0 Å². The molecule has 8 heteroatoms. The number of nitrogens with zero attached hydrogens (tertiary/aromatic N) is 2. The van der Waals surface area contributed by atoms with E-state index in [2.05, 4.69) is 10.3 Å². The Labute approximate surface area is 135 Å². The maximum absolute atomic E-state index is 12.2. The van der Waals surface area contributed by atoms with Crippen LogP contribution >= 0.6 is 34.8 Å². The van der Waals surface area contributed by atoms with Gasteiger partial charge in [0.2, 0.25) is 3.79 Å². The summed E-state index contributed by atoms with van der Waals surface area (Å²) in [6, 6.07) is 9.90. The van der Waals surface area contributed by atoms with Crippen molar-refractivity contribution in [3.8, 4) is 0 Å². The number of carbonyl (C=O) groups excluding carboxylic acids is 1. The van der Waals surface area contributed by atoms with Crippen molar-refractivity contribution in [3.05, 3.63) is 64.8 Å². The van der Waals surface area contributed by atoms with E-state index in [0.29, 0.717) is 5.56 Å². The molecular formula is C13H10Cl3N3O2. The van der Waals surface area contributed by atoms with E-state index in [1.807, 2.05) is 0 Å². The van der Waals surface area contributed by atoms with Crippen molar-refractivity contribution < 1.29 is 4.79 Å². The summed E-state index contributed by atoms with van der Waals surface area (Å²) in [4.78, 5) is 27.5. The third-order valence-electron chi connectivity index (χ3n) is 2.63. The van der Waals surface area contributed by atoms with E-state index in [1.54, 1.807) is 30.3 Å². The number of rotatable bonds is 3. The van der Waals surface area contributed by atoms with Crippen molar-refractivity contribution in [3.63, 3.8) is 0 Å². The minimum absolute atomic E-state index is 0.383. The van der Waals surface area contributed by atoms with Gasteiger partial charge < -0.3 is 5.32 Å². The fourth-order valence-corrected chi connectivity index (χ4v) is 2.15. The third-order valence-corrected chi connectivity index (χ3v) is 3.25. The predicted octanol–water partition coefficient (Wildman–Crippen LogP) is 2.54. The summed E-state index contributed by atoms with van der Waals surface area (Å²) < 4.78 is -0.870. The molecule has 1 atom stereocenters. The van der Waals surface area contributed by atoms with E-state index in [0.717, 1.165) is 4.57 Å². The van der Waals surface area contributed by atoms with E-state index in [-0.39, 0.29) is 0 Å². The van der Waals surface area contributed by atoms with Crippen molar-refractivity contribution in [2.24, 2.45) is 0 Å². The summed E-state index contributed by atoms with van der Waals surface area (Å²) in [5, 5.41) is 2.52. The van der Waals surface area contributed by atoms with Gasteiger partial charge in [0.25, 0.3) is 5.91 Å². The van der Waals surface area contributed by atoms with Gasteiger partial charge in [-0.2, -0.15) is 0 Å². The normalized spacial score (nSPS) is 12.7. The first-order valence-corrected chi connectivity index (χ1v) is 6.99. The van der Waals surface area contributed by atoms with Gasteiger partial charge in [-0.05, 0) is 18.2 Å². The topological polar surface area (TPSA) is 64.0 Å². The zero-order chi connectivity index (χ0) is 15.5. The summed E-state index contributed by atoms with van der Waals surface area (Å²) in [6.45, 7) is 0. The Hall–Kier alpha value is -1.56. The summed E-state index contributed by atoms with van der Waals surface area (Å²) in [5.41, 5.74) is -0.254. The monoisotopic (exact) mass is 345 g/mol. The lowest BCUT2D eigenvalue weighted by Gasteiger charge is -2.26. The molecule has 0 bridgehead atoms. The van der Waals surface area contributed by atoms with Crippen LogP contribution in [0.2, 0.25) is 0 Å². The SMILES string of the molecule is O=C(NC(n1cccnc1=O)C(Cl)(Cl)Cl)c1ccccc1. The quantitative estimate of drug-likeness (QED) is 0.869. The van der Waals surface area contributed by atoms with Crippen LogP contribution in [-0.2, 0) is 0 Å². The first-order chi connectivity index (χ1) is 9.89. The second-order valence-corrected chi connectivity index (χ2v) is 6.46. The zero-order valence-corrected chi connectivity index (χ0v) is 12.8. The zero-order valence-electron chi connectivity index (χ0n) is 10.5. The van der Waals surface area contributed by atoms with Gasteiger partial charge in [-0.1, -0.05) is 53.0 Å². The highest BCUT2D eigenvalue weighted by molar-refractivity contribution is 6.67. The first kappa shape index (κ1) is 15.8. The second kappa shape index (κ2) is 6.47. The van der Waals surface area contributed by atoms with E-state index >= 15 is 0 Å². The molecule has 1 unspecified atom stereocenters. The lowest BCUT2D eigenvalue weighted by Crippen LogP contribution is -2.44. The number of benzene rings is 1. The van der Waals surface area contributed by atoms with Crippen LogP contribution in [0.1, 0.15) is 16.5 Å². The number of hydrogen-bond acceptors (Lipinski definition) is 3. The molecule has 1 N–H and O–H groups in total. The lowest BCUT2D eigenvalue weighted by atomic mass is 10.2. The Balaban J connectivity index is 2.33. The molecule has 1 heterocycles. The maximum atomic E-state index is 12.2. The molecule has 2 rings (SSSR count). The van der Waals surface area contributed by atoms with E-state index in [4.69, 9.17) is 34.8 Å². The molecule has 0 aliphatic rings. The van der Waals surface area contributed by atoms with Gasteiger partial charge in [0.1, 0.15) is 0 Å². The van der Waals surface area contributed by atoms with Crippen molar-refractivity contribution in [2.45, 2.75) is 9.96 Å². The van der Waals surface area contributed by atoms with E-state index < -0.39 is 21.6 Å². The summed E-state index contributed by atoms with van der Waals surface area (Å²) >= 11 is 17.6. The standard InChI is InChI=1S/C13H10Cl3N3O2/c14-13(15,16)11(19-8-4-7-17-12(19)21)18-10(20)9-5-2-1-3-6-9/h1-8,11H,(H,18,20). The van der Waals surface area contributed by atoms with Crippen molar-refractivity contribution >= 4 is 40.7 Å². The molecular weight excluding hydrogens is 337 g/mol. The van der Waals surface area contributed by atoms with Gasteiger partial charge in [-0.3, -0.25) is 9.36 Å². The van der Waals surface area contributed by atoms with Crippen molar-refractivity contribution in [1.29, 1.82) is 0 Å². The molecule has 2 aromatic rings. The Morgan fingerprint density at radius 3 is 2.43 bits per heavy atom. The first-order valence-electron chi connectivity index (χ1n) is 5.85. The summed E-state index contributed by atoms with van der Waals surface area (Å²) in [5.74, 6) is -0.470. The smallest absolute Gasteiger partial charge is 0.328 e. The Bertz CT molecular complexity index is 683. The van der Waals surface area contributed by atoms with Crippen molar-refractivity contribution in [1.82, 2.24) is 14.9 Å². The van der Waals surface area contributed by atoms with Gasteiger partial charge in [-0.15, -0.1) is 0 Å². The molecule has 110 valence electrons. The number of amides is 1. The summed E-state index contributed by atoms with van der Waals surface area (Å²) in [7, 11) is 0. The lowest BCUT2D eigenvalue weighted by molar-refractivity contribution is 0.0919. The predicted molar refractivity (Wildman–Crippen MR) is 81.7 cm³/mol. The third kappa shape index (κ3) is 3.97. The largest absolute Gasteiger partial charge is 0.349 e. The van der Waals surface area contributed by atoms with E-state index in [1.165, 1.54) is 18.5 Å². The van der Waals surface area contributed by atoms with Crippen molar-refractivity contribution in [2.75, 3.05) is 0 Å². The second-order valence-electron chi connectivity index (χ2n) is 4.09. The van der Waals surface area contributed by atoms with Crippen LogP contribution in [0.3, 0.4) is 0 Å². The fraction of sp³-hybridized carbons (Fsp3) is 0.154. The average Bonchev–Trinajstić information content (AvgIpc) is 2.45. The average molecular weight is 347 g/mol. The minimum atomic E-state index is -1.92. The molecule has 0 aliphatic heterocycles. The van der Waals surface area contributed by atoms with Gasteiger partial charge in [0, 0.05) is 18.0 Å². The van der Waals surface area contributed by atoms with Gasteiger partial charge in [0.15, 0.2) is 6.17 Å². The Kier molecular flexibility index (Phi) is 4.88. The van der Waals surface area contributed by atoms with Gasteiger partial charge >= 0.3 is 5.69 Å². The molecule has 1 amide bonds. The Morgan fingerprint density at radius 1 is 1.19 bits per heavy atom. The van der Waals surface area contributed by atoms with E-state index in [9.17, 15) is 9.59 Å². The number of hydrogen-bond donors (Lipinski definition) is 1. The molecule has 0 saturated heterocycles. The Morgan fingerprint density at radius 2 is 1.86 bits per heavy atom. The molecule has 1 aromatic heterocycles. The van der Waals surface area contributed by atoms with Gasteiger partial charge in [-0.25, -0.2) is 9.78 Å². The molecule has 0 spiro atoms. The molecule has 0 radical (unpaired) electrons. The fourth-order valence-electron chi connectivity index (χ4n) is 1.67. The van der Waals surface area contributed by atoms with Crippen LogP contribution in [0.4, 0.5) is 0 Å². The molecule has 0 saturated carbocycles. The number of aromatic nitrogens is 2. The number of carbonyl (C=O) groups is 1. The highest BCUT2D eigenvalue weighted by atomic mass is 35.6. The van der Waals surface area contributed by atoms with Crippen LogP contribution in [0.25, 0.3) is 0 Å². The number of halogens is 3.